The molecule has 0 unspecified atom stereocenters. The van der Waals surface area contributed by atoms with Crippen LogP contribution in [-0.2, 0) is 0 Å². The third kappa shape index (κ3) is 4.03. The minimum atomic E-state index is -0.541. The summed E-state index contributed by atoms with van der Waals surface area (Å²) in [6, 6.07) is 11.8. The minimum Gasteiger partial charge on any atom is -0.489 e. The molecule has 0 atom stereocenters. The number of primary amides is 1. The summed E-state index contributed by atoms with van der Waals surface area (Å²) in [7, 11) is 0. The van der Waals surface area contributed by atoms with Crippen molar-refractivity contribution in [2.75, 3.05) is 13.2 Å². The van der Waals surface area contributed by atoms with Crippen LogP contribution in [0.15, 0.2) is 42.5 Å². The van der Waals surface area contributed by atoms with Crippen molar-refractivity contribution in [2.24, 2.45) is 5.73 Å². The topological polar surface area (TPSA) is 61.6 Å². The standard InChI is InChI=1S/C15H13Cl2NO3/c16-11-5-3-6-12(17)14(11)21-9-8-20-13-7-2-1-4-10(13)15(18)19/h1-7H,8-9H2,(H2,18,19). The Morgan fingerprint density at radius 1 is 0.952 bits per heavy atom. The fourth-order valence-electron chi connectivity index (χ4n) is 1.71. The molecule has 2 N–H and O–H groups in total. The lowest BCUT2D eigenvalue weighted by atomic mass is 10.2. The molecule has 0 aliphatic heterocycles. The number of halogens is 2. The van der Waals surface area contributed by atoms with Crippen molar-refractivity contribution in [2.45, 2.75) is 0 Å². The average Bonchev–Trinajstić information content (AvgIpc) is 2.46. The summed E-state index contributed by atoms with van der Waals surface area (Å²) in [6.07, 6.45) is 0. The number of hydrogen-bond donors (Lipinski definition) is 1. The van der Waals surface area contributed by atoms with Gasteiger partial charge in [0.15, 0.2) is 5.75 Å². The highest BCUT2D eigenvalue weighted by molar-refractivity contribution is 6.37. The number of nitrogens with two attached hydrogens (primary N) is 1. The number of ether oxygens (including phenoxy) is 2. The fraction of sp³-hybridized carbons (Fsp3) is 0.133. The van der Waals surface area contributed by atoms with Crippen LogP contribution in [0.2, 0.25) is 10.0 Å². The van der Waals surface area contributed by atoms with Crippen molar-refractivity contribution in [1.29, 1.82) is 0 Å². The van der Waals surface area contributed by atoms with E-state index in [1.165, 1.54) is 0 Å². The maximum Gasteiger partial charge on any atom is 0.252 e. The molecule has 110 valence electrons. The van der Waals surface area contributed by atoms with Gasteiger partial charge in [-0.3, -0.25) is 4.79 Å². The van der Waals surface area contributed by atoms with Gasteiger partial charge in [0.1, 0.15) is 19.0 Å². The highest BCUT2D eigenvalue weighted by Gasteiger charge is 2.09. The fourth-order valence-corrected chi connectivity index (χ4v) is 2.22. The molecular weight excluding hydrogens is 313 g/mol. The molecule has 0 aliphatic rings. The van der Waals surface area contributed by atoms with E-state index in [-0.39, 0.29) is 13.2 Å². The average molecular weight is 326 g/mol. The molecule has 0 radical (unpaired) electrons. The summed E-state index contributed by atoms with van der Waals surface area (Å²) in [6.45, 7) is 0.461. The third-order valence-electron chi connectivity index (χ3n) is 2.66. The molecule has 4 nitrogen and oxygen atoms in total. The van der Waals surface area contributed by atoms with E-state index in [0.717, 1.165) is 0 Å². The Morgan fingerprint density at radius 2 is 1.57 bits per heavy atom. The predicted molar refractivity (Wildman–Crippen MR) is 82.4 cm³/mol. The van der Waals surface area contributed by atoms with Crippen LogP contribution in [0.4, 0.5) is 0 Å². The van der Waals surface area contributed by atoms with E-state index in [4.69, 9.17) is 38.4 Å². The minimum absolute atomic E-state index is 0.228. The van der Waals surface area contributed by atoms with Gasteiger partial charge in [0.25, 0.3) is 5.91 Å². The Balaban J connectivity index is 1.92. The van der Waals surface area contributed by atoms with Gasteiger partial charge in [0, 0.05) is 0 Å². The van der Waals surface area contributed by atoms with Crippen LogP contribution < -0.4 is 15.2 Å². The Labute approximate surface area is 132 Å². The lowest BCUT2D eigenvalue weighted by Gasteiger charge is -2.12. The first-order valence-corrected chi connectivity index (χ1v) is 6.93. The van der Waals surface area contributed by atoms with Gasteiger partial charge in [0.2, 0.25) is 0 Å². The van der Waals surface area contributed by atoms with E-state index in [0.29, 0.717) is 27.1 Å². The maximum atomic E-state index is 11.2. The third-order valence-corrected chi connectivity index (χ3v) is 3.25. The molecule has 0 aromatic heterocycles. The summed E-state index contributed by atoms with van der Waals surface area (Å²) in [5.41, 5.74) is 5.59. The Kier molecular flexibility index (Phi) is 5.31. The summed E-state index contributed by atoms with van der Waals surface area (Å²) >= 11 is 12.0. The molecule has 0 saturated heterocycles. The molecule has 6 heteroatoms. The highest BCUT2D eigenvalue weighted by Crippen LogP contribution is 2.32. The molecule has 0 heterocycles. The SMILES string of the molecule is NC(=O)c1ccccc1OCCOc1c(Cl)cccc1Cl. The number of benzene rings is 2. The Hall–Kier alpha value is -1.91. The molecule has 21 heavy (non-hydrogen) atoms. The number of carbonyl (C=O) groups excluding carboxylic acids is 1. The second-order valence-electron chi connectivity index (χ2n) is 4.11. The molecule has 0 aliphatic carbocycles. The van der Waals surface area contributed by atoms with E-state index in [1.54, 1.807) is 42.5 Å². The zero-order chi connectivity index (χ0) is 15.2. The normalized spacial score (nSPS) is 10.2. The summed E-state index contributed by atoms with van der Waals surface area (Å²) in [5, 5.41) is 0.861. The monoisotopic (exact) mass is 325 g/mol. The maximum absolute atomic E-state index is 11.2. The molecule has 1 amide bonds. The number of amides is 1. The van der Waals surface area contributed by atoms with Gasteiger partial charge in [-0.25, -0.2) is 0 Å². The van der Waals surface area contributed by atoms with Crippen LogP contribution in [-0.4, -0.2) is 19.1 Å². The zero-order valence-corrected chi connectivity index (χ0v) is 12.5. The zero-order valence-electron chi connectivity index (χ0n) is 11.0. The van der Waals surface area contributed by atoms with Gasteiger partial charge in [0.05, 0.1) is 15.6 Å². The smallest absolute Gasteiger partial charge is 0.252 e. The predicted octanol–water partition coefficient (Wildman–Crippen LogP) is 3.55. The van der Waals surface area contributed by atoms with Crippen molar-refractivity contribution in [3.8, 4) is 11.5 Å². The van der Waals surface area contributed by atoms with Crippen LogP contribution in [0.25, 0.3) is 0 Å². The van der Waals surface area contributed by atoms with Crippen LogP contribution in [0, 0.1) is 0 Å². The largest absolute Gasteiger partial charge is 0.489 e. The number of rotatable bonds is 6. The first-order chi connectivity index (χ1) is 10.1. The first-order valence-electron chi connectivity index (χ1n) is 6.18. The van der Waals surface area contributed by atoms with E-state index in [9.17, 15) is 4.79 Å². The molecular formula is C15H13Cl2NO3. The number of para-hydroxylation sites is 2. The Morgan fingerprint density at radius 3 is 2.24 bits per heavy atom. The quantitative estimate of drug-likeness (QED) is 0.826. The van der Waals surface area contributed by atoms with Gasteiger partial charge >= 0.3 is 0 Å². The van der Waals surface area contributed by atoms with Crippen LogP contribution in [0.5, 0.6) is 11.5 Å². The van der Waals surface area contributed by atoms with Gasteiger partial charge in [-0.05, 0) is 24.3 Å². The van der Waals surface area contributed by atoms with Crippen LogP contribution >= 0.6 is 23.2 Å². The van der Waals surface area contributed by atoms with E-state index in [1.807, 2.05) is 0 Å². The van der Waals surface area contributed by atoms with Gasteiger partial charge < -0.3 is 15.2 Å². The Bertz CT molecular complexity index is 626. The van der Waals surface area contributed by atoms with E-state index in [2.05, 4.69) is 0 Å². The van der Waals surface area contributed by atoms with Gasteiger partial charge in [-0.1, -0.05) is 41.4 Å². The second-order valence-corrected chi connectivity index (χ2v) is 4.92. The molecule has 0 spiro atoms. The molecule has 2 aromatic carbocycles. The lowest BCUT2D eigenvalue weighted by molar-refractivity contribution is 0.0995. The number of carbonyl (C=O) groups is 1. The molecule has 2 aromatic rings. The van der Waals surface area contributed by atoms with Crippen molar-refractivity contribution < 1.29 is 14.3 Å². The lowest BCUT2D eigenvalue weighted by Crippen LogP contribution is -2.15. The highest BCUT2D eigenvalue weighted by atomic mass is 35.5. The summed E-state index contributed by atoms with van der Waals surface area (Å²) in [5.74, 6) is 0.284. The summed E-state index contributed by atoms with van der Waals surface area (Å²) in [4.78, 5) is 11.2. The van der Waals surface area contributed by atoms with Gasteiger partial charge in [-0.15, -0.1) is 0 Å². The van der Waals surface area contributed by atoms with E-state index < -0.39 is 5.91 Å². The van der Waals surface area contributed by atoms with E-state index >= 15 is 0 Å². The van der Waals surface area contributed by atoms with Crippen molar-refractivity contribution >= 4 is 29.1 Å². The molecule has 2 rings (SSSR count). The van der Waals surface area contributed by atoms with Crippen molar-refractivity contribution in [3.63, 3.8) is 0 Å². The molecule has 0 bridgehead atoms. The van der Waals surface area contributed by atoms with Gasteiger partial charge in [-0.2, -0.15) is 0 Å². The van der Waals surface area contributed by atoms with Crippen LogP contribution in [0.1, 0.15) is 10.4 Å². The van der Waals surface area contributed by atoms with Crippen molar-refractivity contribution in [1.82, 2.24) is 0 Å². The molecule has 0 fully saturated rings. The first kappa shape index (κ1) is 15.5. The summed E-state index contributed by atoms with van der Waals surface area (Å²) < 4.78 is 11.0. The number of hydrogen-bond acceptors (Lipinski definition) is 3. The molecule has 0 saturated carbocycles. The van der Waals surface area contributed by atoms with Crippen molar-refractivity contribution in [3.05, 3.63) is 58.1 Å². The van der Waals surface area contributed by atoms with Crippen LogP contribution in [0.3, 0.4) is 0 Å². The second kappa shape index (κ2) is 7.20.